The van der Waals surface area contributed by atoms with Crippen LogP contribution in [0.15, 0.2) is 11.8 Å². The van der Waals surface area contributed by atoms with E-state index in [0.717, 1.165) is 4.90 Å². The highest BCUT2D eigenvalue weighted by Crippen LogP contribution is 2.43. The Kier molecular flexibility index (Phi) is 4.37. The molecule has 0 aromatic carbocycles. The number of nitrogens with zero attached hydrogens (tertiary/aromatic N) is 2. The molecule has 2 aliphatic heterocycles. The molecule has 116 valence electrons. The van der Waals surface area contributed by atoms with Crippen molar-refractivity contribution in [3.63, 3.8) is 0 Å². The van der Waals surface area contributed by atoms with Crippen LogP contribution >= 0.6 is 11.8 Å². The Morgan fingerprint density at radius 2 is 2.10 bits per heavy atom. The lowest BCUT2D eigenvalue weighted by molar-refractivity contribution is -0.162. The second-order valence-corrected chi connectivity index (χ2v) is 6.33. The fourth-order valence-corrected chi connectivity index (χ4v) is 3.68. The lowest BCUT2D eigenvalue weighted by Gasteiger charge is -2.31. The van der Waals surface area contributed by atoms with E-state index in [9.17, 15) is 15.0 Å². The summed E-state index contributed by atoms with van der Waals surface area (Å²) in [5.41, 5.74) is -0.0442. The normalized spacial score (nSPS) is 34.6. The van der Waals surface area contributed by atoms with Gasteiger partial charge in [0.1, 0.15) is 24.3 Å². The van der Waals surface area contributed by atoms with Gasteiger partial charge in [0.2, 0.25) is 0 Å². The van der Waals surface area contributed by atoms with Crippen LogP contribution in [0.3, 0.4) is 0 Å². The van der Waals surface area contributed by atoms with Crippen molar-refractivity contribution in [2.75, 3.05) is 12.0 Å². The van der Waals surface area contributed by atoms with Crippen molar-refractivity contribution in [1.29, 1.82) is 5.26 Å². The van der Waals surface area contributed by atoms with Gasteiger partial charge in [0.05, 0.1) is 17.9 Å². The number of rotatable bonds is 3. The number of carboxylic acid groups (broad SMARTS) is 1. The Hall–Kier alpha value is -1.43. The zero-order chi connectivity index (χ0) is 15.8. The number of thioether (sulfide) groups is 1. The second-order valence-electron chi connectivity index (χ2n) is 5.42. The molecule has 0 aromatic rings. The highest BCUT2D eigenvalue weighted by molar-refractivity contribution is 7.98. The predicted octanol–water partition coefficient (Wildman–Crippen LogP) is 1.57. The first-order valence-electron chi connectivity index (χ1n) is 6.46. The summed E-state index contributed by atoms with van der Waals surface area (Å²) in [6, 6.07) is 0.552. The summed E-state index contributed by atoms with van der Waals surface area (Å²) >= 11 is 1.49. The maximum absolute atomic E-state index is 11.6. The predicted molar refractivity (Wildman–Crippen MR) is 76.0 cm³/mol. The molecule has 4 atom stereocenters. The molecule has 2 aliphatic rings. The molecule has 2 saturated heterocycles. The molecule has 4 unspecified atom stereocenters. The first kappa shape index (κ1) is 15.9. The van der Waals surface area contributed by atoms with E-state index in [-0.39, 0.29) is 5.57 Å². The molecule has 2 fully saturated rings. The summed E-state index contributed by atoms with van der Waals surface area (Å²) in [5, 5.41) is 27.9. The minimum atomic E-state index is -1.16. The van der Waals surface area contributed by atoms with Crippen molar-refractivity contribution < 1.29 is 24.5 Å². The van der Waals surface area contributed by atoms with Crippen molar-refractivity contribution in [3.8, 4) is 6.07 Å². The molecule has 0 aromatic heterocycles. The van der Waals surface area contributed by atoms with Gasteiger partial charge in [0.25, 0.3) is 0 Å². The van der Waals surface area contributed by atoms with Crippen LogP contribution in [0.4, 0.5) is 4.79 Å². The van der Waals surface area contributed by atoms with Crippen molar-refractivity contribution in [1.82, 2.24) is 4.90 Å². The maximum atomic E-state index is 11.6. The molecule has 2 heterocycles. The fraction of sp³-hybridized carbons (Fsp3) is 0.692. The van der Waals surface area contributed by atoms with E-state index in [0.29, 0.717) is 12.0 Å². The largest absolute Gasteiger partial charge is 0.514 e. The molecule has 0 saturated carbocycles. The lowest BCUT2D eigenvalue weighted by atomic mass is 10.0. The van der Waals surface area contributed by atoms with Gasteiger partial charge in [-0.3, -0.25) is 4.90 Å². The highest BCUT2D eigenvalue weighted by Gasteiger charge is 2.60. The Morgan fingerprint density at radius 3 is 2.57 bits per heavy atom. The van der Waals surface area contributed by atoms with E-state index >= 15 is 0 Å². The van der Waals surface area contributed by atoms with Gasteiger partial charge in [0.15, 0.2) is 5.79 Å². The molecular formula is C13H18N2O5S. The number of hydrogen-bond donors (Lipinski definition) is 2. The molecule has 7 nitrogen and oxygen atoms in total. The molecule has 21 heavy (non-hydrogen) atoms. The highest BCUT2D eigenvalue weighted by atomic mass is 32.2. The molecule has 0 radical (unpaired) electrons. The SMILES string of the molecule is CSCC1C2OC(C)(C)OC2C(/C(C#N)=C/O)N1C(=O)O. The molecule has 8 heteroatoms. The third kappa shape index (κ3) is 2.69. The van der Waals surface area contributed by atoms with Gasteiger partial charge in [0, 0.05) is 5.75 Å². The standard InChI is InChI=1S/C13H18N2O5S/c1-13(2)19-10-8(6-21-3)15(12(17)18)9(11(10)20-13)7(4-14)5-16/h5,8-11,16H,6H2,1-3H3,(H,17,18)/b7-5+. The third-order valence-electron chi connectivity index (χ3n) is 3.66. The summed E-state index contributed by atoms with van der Waals surface area (Å²) in [4.78, 5) is 12.8. The molecule has 0 aliphatic carbocycles. The smallest absolute Gasteiger partial charge is 0.408 e. The average Bonchev–Trinajstić information content (AvgIpc) is 2.85. The summed E-state index contributed by atoms with van der Waals surface area (Å²) in [6.45, 7) is 3.50. The average molecular weight is 314 g/mol. The van der Waals surface area contributed by atoms with Crippen LogP contribution in [0.1, 0.15) is 13.8 Å². The van der Waals surface area contributed by atoms with Crippen LogP contribution in [0.25, 0.3) is 0 Å². The quantitative estimate of drug-likeness (QED) is 0.602. The number of hydrogen-bond acceptors (Lipinski definition) is 6. The zero-order valence-corrected chi connectivity index (χ0v) is 12.8. The fourth-order valence-electron chi connectivity index (χ4n) is 2.99. The van der Waals surface area contributed by atoms with Crippen LogP contribution < -0.4 is 0 Å². The van der Waals surface area contributed by atoms with Crippen LogP contribution in [0.5, 0.6) is 0 Å². The minimum Gasteiger partial charge on any atom is -0.514 e. The molecule has 0 spiro atoms. The van der Waals surface area contributed by atoms with Gasteiger partial charge in [-0.05, 0) is 20.1 Å². The van der Waals surface area contributed by atoms with E-state index in [1.165, 1.54) is 11.8 Å². The number of aliphatic hydroxyl groups is 1. The second kappa shape index (κ2) is 5.75. The minimum absolute atomic E-state index is 0.0442. The third-order valence-corrected chi connectivity index (χ3v) is 4.33. The van der Waals surface area contributed by atoms with Crippen LogP contribution in [-0.2, 0) is 9.47 Å². The van der Waals surface area contributed by atoms with E-state index in [2.05, 4.69) is 0 Å². The van der Waals surface area contributed by atoms with E-state index in [4.69, 9.17) is 14.7 Å². The number of aliphatic hydroxyl groups excluding tert-OH is 1. The number of likely N-dealkylation sites (tertiary alicyclic amines) is 1. The molecule has 2 N–H and O–H groups in total. The van der Waals surface area contributed by atoms with Gasteiger partial charge in [-0.15, -0.1) is 0 Å². The lowest BCUT2D eigenvalue weighted by Crippen LogP contribution is -2.47. The molecular weight excluding hydrogens is 296 g/mol. The van der Waals surface area contributed by atoms with Gasteiger partial charge in [-0.2, -0.15) is 17.0 Å². The van der Waals surface area contributed by atoms with E-state index < -0.39 is 36.2 Å². The maximum Gasteiger partial charge on any atom is 0.408 e. The zero-order valence-electron chi connectivity index (χ0n) is 12.0. The van der Waals surface area contributed by atoms with Crippen LogP contribution in [0, 0.1) is 11.3 Å². The Balaban J connectivity index is 2.44. The van der Waals surface area contributed by atoms with Gasteiger partial charge >= 0.3 is 6.09 Å². The molecule has 1 amide bonds. The van der Waals surface area contributed by atoms with Crippen molar-refractivity contribution >= 4 is 17.9 Å². The van der Waals surface area contributed by atoms with Crippen molar-refractivity contribution in [3.05, 3.63) is 11.8 Å². The van der Waals surface area contributed by atoms with Crippen molar-refractivity contribution in [2.24, 2.45) is 0 Å². The number of amides is 1. The summed E-state index contributed by atoms with van der Waals surface area (Å²) < 4.78 is 11.6. The van der Waals surface area contributed by atoms with Crippen molar-refractivity contribution in [2.45, 2.75) is 43.9 Å². The number of ether oxygens (including phenoxy) is 2. The molecule has 2 rings (SSSR count). The van der Waals surface area contributed by atoms with Crippen LogP contribution in [-0.4, -0.2) is 63.3 Å². The van der Waals surface area contributed by atoms with E-state index in [1.54, 1.807) is 13.8 Å². The van der Waals surface area contributed by atoms with Gasteiger partial charge < -0.3 is 19.7 Å². The number of fused-ring (bicyclic) bond motifs is 1. The topological polar surface area (TPSA) is 103 Å². The monoisotopic (exact) mass is 314 g/mol. The summed E-state index contributed by atoms with van der Waals surface area (Å²) in [5.74, 6) is -0.321. The first-order chi connectivity index (χ1) is 9.86. The molecule has 0 bridgehead atoms. The Labute approximate surface area is 127 Å². The van der Waals surface area contributed by atoms with Crippen LogP contribution in [0.2, 0.25) is 0 Å². The van der Waals surface area contributed by atoms with Gasteiger partial charge in [-0.1, -0.05) is 0 Å². The van der Waals surface area contributed by atoms with Gasteiger partial charge in [-0.25, -0.2) is 4.79 Å². The summed E-state index contributed by atoms with van der Waals surface area (Å²) in [6.07, 6.45) is 0.292. The Morgan fingerprint density at radius 1 is 1.48 bits per heavy atom. The number of carbonyl (C=O) groups is 1. The van der Waals surface area contributed by atoms with E-state index in [1.807, 2.05) is 12.3 Å². The number of nitriles is 1. The Bertz CT molecular complexity index is 501. The summed E-state index contributed by atoms with van der Waals surface area (Å²) in [7, 11) is 0. The first-order valence-corrected chi connectivity index (χ1v) is 7.86.